The molecule has 12 rings (SSSR count). The number of hydrogen-bond donors (Lipinski definition) is 0. The summed E-state index contributed by atoms with van der Waals surface area (Å²) in [6, 6.07) is 53.4. The van der Waals surface area contributed by atoms with Crippen LogP contribution in [0.1, 0.15) is 0 Å². The van der Waals surface area contributed by atoms with Crippen molar-refractivity contribution >= 4 is 72.8 Å². The van der Waals surface area contributed by atoms with Crippen LogP contribution in [0.25, 0.3) is 61.0 Å². The molecule has 0 saturated carbocycles. The van der Waals surface area contributed by atoms with Crippen molar-refractivity contribution < 1.29 is 9.47 Å². The summed E-state index contributed by atoms with van der Waals surface area (Å²) < 4.78 is 20.2. The summed E-state index contributed by atoms with van der Waals surface area (Å²) in [5.74, 6) is 4.24. The number of fused-ring (bicyclic) bond motifs is 12. The third kappa shape index (κ3) is 3.35. The number of para-hydroxylation sites is 6. The molecule has 232 valence electrons. The fourth-order valence-corrected chi connectivity index (χ4v) is 8.49. The molecule has 7 aromatic carbocycles. The van der Waals surface area contributed by atoms with E-state index in [4.69, 9.17) is 14.5 Å². The van der Waals surface area contributed by atoms with Gasteiger partial charge in [0.15, 0.2) is 0 Å². The first kappa shape index (κ1) is 26.3. The number of ether oxygens (including phenoxy) is 2. The number of aromatic nitrogens is 4. The summed E-state index contributed by atoms with van der Waals surface area (Å²) >= 11 is 0. The SMILES string of the molecule is c1cc2c3c(c1)Oc1ccc(-n4c5ccccc5n5c6ccccc6nc45)cc1B3c1cc(-n3c4ccccc4c4ccccc43)ccc1O2. The highest BCUT2D eigenvalue weighted by atomic mass is 16.5. The van der Waals surface area contributed by atoms with Gasteiger partial charge in [-0.05, 0) is 95.9 Å². The van der Waals surface area contributed by atoms with Crippen molar-refractivity contribution in [1.82, 2.24) is 18.5 Å². The molecule has 10 aromatic rings. The van der Waals surface area contributed by atoms with Gasteiger partial charge in [0.2, 0.25) is 5.78 Å². The van der Waals surface area contributed by atoms with Gasteiger partial charge >= 0.3 is 0 Å². The van der Waals surface area contributed by atoms with Crippen LogP contribution in [-0.2, 0) is 0 Å². The molecule has 0 aliphatic carbocycles. The molecule has 2 aliphatic rings. The number of hydrogen-bond acceptors (Lipinski definition) is 3. The van der Waals surface area contributed by atoms with Crippen molar-refractivity contribution in [3.05, 3.63) is 152 Å². The van der Waals surface area contributed by atoms with Crippen molar-refractivity contribution in [1.29, 1.82) is 0 Å². The van der Waals surface area contributed by atoms with Gasteiger partial charge in [-0.15, -0.1) is 0 Å². The Labute approximate surface area is 286 Å². The van der Waals surface area contributed by atoms with Crippen molar-refractivity contribution in [2.45, 2.75) is 0 Å². The number of imidazole rings is 2. The van der Waals surface area contributed by atoms with E-state index >= 15 is 0 Å². The first-order valence-corrected chi connectivity index (χ1v) is 16.9. The van der Waals surface area contributed by atoms with E-state index in [0.29, 0.717) is 0 Å². The molecule has 0 fully saturated rings. The number of benzene rings is 7. The van der Waals surface area contributed by atoms with Crippen LogP contribution < -0.4 is 25.9 Å². The van der Waals surface area contributed by atoms with Gasteiger partial charge in [0, 0.05) is 27.6 Å². The van der Waals surface area contributed by atoms with Crippen molar-refractivity contribution in [2.75, 3.05) is 0 Å². The van der Waals surface area contributed by atoms with Gasteiger partial charge in [-0.2, -0.15) is 0 Å². The average molecular weight is 641 g/mol. The molecule has 3 aromatic heterocycles. The van der Waals surface area contributed by atoms with E-state index in [1.54, 1.807) is 0 Å². The van der Waals surface area contributed by atoms with Crippen LogP contribution >= 0.6 is 0 Å². The van der Waals surface area contributed by atoms with Crippen molar-refractivity contribution in [3.63, 3.8) is 0 Å². The van der Waals surface area contributed by atoms with E-state index < -0.39 is 0 Å². The van der Waals surface area contributed by atoms with Crippen LogP contribution in [0.5, 0.6) is 23.0 Å². The lowest BCUT2D eigenvalue weighted by Crippen LogP contribution is -2.57. The Bertz CT molecular complexity index is 3010. The standard InChI is InChI=1S/C43H25BN4O2/c1-4-13-33-28(10-1)29-11-2-5-14-34(29)46(33)26-20-22-38-30(24-26)44-31-25-27(21-23-39(31)50-41-19-9-18-40(49-38)42(41)44)47-36-16-7-8-17-37(36)48-35-15-6-3-12-32(35)45-43(47)48/h1-25H. The van der Waals surface area contributed by atoms with Gasteiger partial charge in [-0.3, -0.25) is 8.97 Å². The molecule has 0 N–H and O–H groups in total. The molecule has 0 saturated heterocycles. The monoisotopic (exact) mass is 640 g/mol. The van der Waals surface area contributed by atoms with E-state index in [0.717, 1.165) is 78.6 Å². The molecule has 0 unspecified atom stereocenters. The van der Waals surface area contributed by atoms with Crippen LogP contribution in [0.15, 0.2) is 152 Å². The zero-order chi connectivity index (χ0) is 32.5. The zero-order valence-electron chi connectivity index (χ0n) is 26.6. The minimum Gasteiger partial charge on any atom is -0.458 e. The molecule has 0 amide bonds. The van der Waals surface area contributed by atoms with E-state index in [2.05, 4.69) is 141 Å². The minimum atomic E-state index is -0.0987. The third-order valence-electron chi connectivity index (χ3n) is 10.6. The van der Waals surface area contributed by atoms with Crippen LogP contribution in [0, 0.1) is 0 Å². The number of rotatable bonds is 2. The summed E-state index contributed by atoms with van der Waals surface area (Å²) in [4.78, 5) is 5.14. The second kappa shape index (κ2) is 9.46. The van der Waals surface area contributed by atoms with Gasteiger partial charge in [-0.1, -0.05) is 66.7 Å². The predicted octanol–water partition coefficient (Wildman–Crippen LogP) is 8.26. The Morgan fingerprint density at radius 1 is 0.440 bits per heavy atom. The zero-order valence-corrected chi connectivity index (χ0v) is 26.6. The second-order valence-corrected chi connectivity index (χ2v) is 13.2. The molecular weight excluding hydrogens is 615 g/mol. The Kier molecular flexibility index (Phi) is 4.96. The smallest absolute Gasteiger partial charge is 0.260 e. The average Bonchev–Trinajstić information content (AvgIpc) is 3.81. The Hall–Kier alpha value is -6.73. The Balaban J connectivity index is 1.11. The van der Waals surface area contributed by atoms with Gasteiger partial charge < -0.3 is 14.0 Å². The predicted molar refractivity (Wildman–Crippen MR) is 202 cm³/mol. The van der Waals surface area contributed by atoms with Gasteiger partial charge in [-0.25, -0.2) is 4.98 Å². The van der Waals surface area contributed by atoms with Crippen LogP contribution in [0.3, 0.4) is 0 Å². The topological polar surface area (TPSA) is 45.6 Å². The summed E-state index contributed by atoms with van der Waals surface area (Å²) in [7, 11) is 0. The summed E-state index contributed by atoms with van der Waals surface area (Å²) in [5.41, 5.74) is 12.0. The molecule has 0 spiro atoms. The first-order valence-electron chi connectivity index (χ1n) is 16.9. The van der Waals surface area contributed by atoms with Gasteiger partial charge in [0.1, 0.15) is 23.0 Å². The quantitative estimate of drug-likeness (QED) is 0.179. The summed E-state index contributed by atoms with van der Waals surface area (Å²) in [6.45, 7) is -0.0987. The van der Waals surface area contributed by atoms with Crippen molar-refractivity contribution in [3.8, 4) is 34.4 Å². The molecule has 6 nitrogen and oxygen atoms in total. The highest BCUT2D eigenvalue weighted by Crippen LogP contribution is 2.38. The lowest BCUT2D eigenvalue weighted by atomic mass is 9.35. The molecule has 0 radical (unpaired) electrons. The highest BCUT2D eigenvalue weighted by molar-refractivity contribution is 6.98. The fourth-order valence-electron chi connectivity index (χ4n) is 8.49. The molecule has 2 aliphatic heterocycles. The molecular formula is C43H25BN4O2. The number of nitrogens with zero attached hydrogens (tertiary/aromatic N) is 4. The van der Waals surface area contributed by atoms with Crippen molar-refractivity contribution in [2.24, 2.45) is 0 Å². The molecule has 7 heteroatoms. The van der Waals surface area contributed by atoms with Crippen LogP contribution in [0.2, 0.25) is 0 Å². The lowest BCUT2D eigenvalue weighted by Gasteiger charge is -2.33. The Morgan fingerprint density at radius 2 is 0.980 bits per heavy atom. The van der Waals surface area contributed by atoms with E-state index in [9.17, 15) is 0 Å². The maximum atomic E-state index is 6.64. The van der Waals surface area contributed by atoms with E-state index in [1.165, 1.54) is 21.8 Å². The Morgan fingerprint density at radius 3 is 1.64 bits per heavy atom. The third-order valence-corrected chi connectivity index (χ3v) is 10.6. The largest absolute Gasteiger partial charge is 0.458 e. The van der Waals surface area contributed by atoms with Crippen LogP contribution in [-0.4, -0.2) is 25.2 Å². The highest BCUT2D eigenvalue weighted by Gasteiger charge is 2.40. The molecule has 5 heterocycles. The van der Waals surface area contributed by atoms with Gasteiger partial charge in [0.25, 0.3) is 6.71 Å². The van der Waals surface area contributed by atoms with Crippen LogP contribution in [0.4, 0.5) is 0 Å². The normalized spacial score (nSPS) is 13.1. The summed E-state index contributed by atoms with van der Waals surface area (Å²) in [6.07, 6.45) is 0. The van der Waals surface area contributed by atoms with E-state index in [1.807, 2.05) is 24.3 Å². The second-order valence-electron chi connectivity index (χ2n) is 13.2. The summed E-state index contributed by atoms with van der Waals surface area (Å²) in [5, 5.41) is 2.48. The maximum absolute atomic E-state index is 6.64. The maximum Gasteiger partial charge on any atom is 0.260 e. The van der Waals surface area contributed by atoms with Gasteiger partial charge in [0.05, 0.1) is 33.1 Å². The molecule has 0 bridgehead atoms. The molecule has 50 heavy (non-hydrogen) atoms. The minimum absolute atomic E-state index is 0.0987. The fraction of sp³-hybridized carbons (Fsp3) is 0. The lowest BCUT2D eigenvalue weighted by molar-refractivity contribution is 0.464. The molecule has 0 atom stereocenters. The first-order chi connectivity index (χ1) is 24.8. The van der Waals surface area contributed by atoms with E-state index in [-0.39, 0.29) is 6.71 Å².